The maximum absolute atomic E-state index is 12.7. The molecular formula is C13H17Cl2N3O2S. The molecular weight excluding hydrogens is 333 g/mol. The van der Waals surface area contributed by atoms with Crippen molar-refractivity contribution in [3.05, 3.63) is 28.2 Å². The molecule has 0 aromatic heterocycles. The van der Waals surface area contributed by atoms with Gasteiger partial charge in [-0.25, -0.2) is 8.42 Å². The lowest BCUT2D eigenvalue weighted by Gasteiger charge is -2.42. The lowest BCUT2D eigenvalue weighted by molar-refractivity contribution is 0.103. The molecule has 3 rings (SSSR count). The van der Waals surface area contributed by atoms with E-state index in [1.165, 1.54) is 4.31 Å². The highest BCUT2D eigenvalue weighted by molar-refractivity contribution is 7.89. The summed E-state index contributed by atoms with van der Waals surface area (Å²) in [6.07, 6.45) is 0. The van der Waals surface area contributed by atoms with Crippen molar-refractivity contribution in [2.24, 2.45) is 0 Å². The van der Waals surface area contributed by atoms with Crippen LogP contribution >= 0.6 is 23.2 Å². The van der Waals surface area contributed by atoms with Crippen LogP contribution in [-0.2, 0) is 10.0 Å². The van der Waals surface area contributed by atoms with Gasteiger partial charge in [0.25, 0.3) is 0 Å². The van der Waals surface area contributed by atoms with Gasteiger partial charge in [-0.05, 0) is 12.1 Å². The number of rotatable bonds is 3. The molecule has 1 aromatic rings. The van der Waals surface area contributed by atoms with Crippen LogP contribution in [0.25, 0.3) is 0 Å². The molecule has 0 unspecified atom stereocenters. The van der Waals surface area contributed by atoms with Crippen LogP contribution in [0.15, 0.2) is 23.1 Å². The van der Waals surface area contributed by atoms with Crippen LogP contribution in [0.4, 0.5) is 0 Å². The number of sulfonamides is 1. The molecule has 8 heteroatoms. The Morgan fingerprint density at radius 2 is 1.62 bits per heavy atom. The van der Waals surface area contributed by atoms with Crippen molar-refractivity contribution in [2.45, 2.75) is 10.9 Å². The van der Waals surface area contributed by atoms with Crippen LogP contribution in [0, 0.1) is 0 Å². The van der Waals surface area contributed by atoms with Crippen LogP contribution in [0.5, 0.6) is 0 Å². The van der Waals surface area contributed by atoms with E-state index in [2.05, 4.69) is 10.2 Å². The Morgan fingerprint density at radius 3 is 2.10 bits per heavy atom. The van der Waals surface area contributed by atoms with Gasteiger partial charge < -0.3 is 5.32 Å². The normalized spacial score (nSPS) is 22.2. The smallest absolute Gasteiger partial charge is 0.246 e. The molecule has 2 heterocycles. The highest BCUT2D eigenvalue weighted by Gasteiger charge is 2.34. The van der Waals surface area contributed by atoms with Crippen LogP contribution < -0.4 is 5.32 Å². The number of nitrogens with one attached hydrogen (secondary N) is 1. The molecule has 2 aliphatic heterocycles. The minimum atomic E-state index is -3.63. The second-order valence-corrected chi connectivity index (χ2v) is 7.99. The molecule has 2 aliphatic rings. The van der Waals surface area contributed by atoms with Gasteiger partial charge in [-0.3, -0.25) is 4.90 Å². The van der Waals surface area contributed by atoms with Crippen LogP contribution in [0.2, 0.25) is 10.0 Å². The zero-order chi connectivity index (χ0) is 15.0. The Bertz CT molecular complexity index is 606. The van der Waals surface area contributed by atoms with E-state index in [4.69, 9.17) is 23.2 Å². The molecule has 2 saturated heterocycles. The van der Waals surface area contributed by atoms with E-state index in [-0.39, 0.29) is 14.9 Å². The third-order valence-electron chi connectivity index (χ3n) is 4.07. The fourth-order valence-corrected chi connectivity index (χ4v) is 5.21. The summed E-state index contributed by atoms with van der Waals surface area (Å²) in [4.78, 5) is 2.35. The summed E-state index contributed by atoms with van der Waals surface area (Å²) < 4.78 is 26.9. The zero-order valence-electron chi connectivity index (χ0n) is 11.4. The molecule has 116 valence electrons. The largest absolute Gasteiger partial charge is 0.314 e. The topological polar surface area (TPSA) is 52.7 Å². The summed E-state index contributed by atoms with van der Waals surface area (Å²) in [6, 6.07) is 5.29. The van der Waals surface area contributed by atoms with Gasteiger partial charge in [0.1, 0.15) is 4.90 Å². The van der Waals surface area contributed by atoms with E-state index in [0.717, 1.165) is 26.2 Å². The van der Waals surface area contributed by atoms with E-state index in [1.54, 1.807) is 18.2 Å². The molecule has 0 radical (unpaired) electrons. The zero-order valence-corrected chi connectivity index (χ0v) is 13.8. The number of hydrogen-bond acceptors (Lipinski definition) is 4. The Balaban J connectivity index is 1.77. The quantitative estimate of drug-likeness (QED) is 0.892. The molecule has 2 fully saturated rings. The predicted molar refractivity (Wildman–Crippen MR) is 83.5 cm³/mol. The summed E-state index contributed by atoms with van der Waals surface area (Å²) in [5.41, 5.74) is 0. The molecule has 1 aromatic carbocycles. The van der Waals surface area contributed by atoms with Gasteiger partial charge >= 0.3 is 0 Å². The van der Waals surface area contributed by atoms with Crippen molar-refractivity contribution >= 4 is 33.2 Å². The molecule has 0 atom stereocenters. The first-order valence-corrected chi connectivity index (χ1v) is 9.08. The molecule has 21 heavy (non-hydrogen) atoms. The first kappa shape index (κ1) is 15.5. The first-order chi connectivity index (χ1) is 10.00. The summed E-state index contributed by atoms with van der Waals surface area (Å²) in [5, 5.41) is 3.58. The maximum Gasteiger partial charge on any atom is 0.246 e. The van der Waals surface area contributed by atoms with Crippen molar-refractivity contribution in [1.29, 1.82) is 0 Å². The lowest BCUT2D eigenvalue weighted by atomic mass is 10.1. The van der Waals surface area contributed by atoms with Gasteiger partial charge in [0.15, 0.2) is 0 Å². The van der Waals surface area contributed by atoms with Gasteiger partial charge in [0.05, 0.1) is 10.0 Å². The molecule has 0 amide bonds. The Morgan fingerprint density at radius 1 is 1.05 bits per heavy atom. The Kier molecular flexibility index (Phi) is 4.45. The van der Waals surface area contributed by atoms with Gasteiger partial charge in [-0.2, -0.15) is 4.31 Å². The number of benzene rings is 1. The highest BCUT2D eigenvalue weighted by atomic mass is 35.5. The monoisotopic (exact) mass is 349 g/mol. The Hall–Kier alpha value is -0.370. The van der Waals surface area contributed by atoms with E-state index >= 15 is 0 Å². The molecule has 0 bridgehead atoms. The highest BCUT2D eigenvalue weighted by Crippen LogP contribution is 2.32. The van der Waals surface area contributed by atoms with Crippen molar-refractivity contribution < 1.29 is 8.42 Å². The standard InChI is InChI=1S/C13H17Cl2N3O2S/c14-11-2-1-3-12(15)13(11)21(19,20)18-6-4-17(5-7-18)10-8-16-9-10/h1-3,10,16H,4-9H2. The van der Waals surface area contributed by atoms with E-state index < -0.39 is 10.0 Å². The number of piperazine rings is 1. The average Bonchev–Trinajstić information content (AvgIpc) is 2.37. The second-order valence-electron chi connectivity index (χ2n) is 5.30. The van der Waals surface area contributed by atoms with Crippen molar-refractivity contribution in [2.75, 3.05) is 39.3 Å². The number of nitrogens with zero attached hydrogens (tertiary/aromatic N) is 2. The Labute approximate surface area is 134 Å². The summed E-state index contributed by atoms with van der Waals surface area (Å²) in [5.74, 6) is 0. The lowest BCUT2D eigenvalue weighted by Crippen LogP contribution is -2.62. The summed E-state index contributed by atoms with van der Waals surface area (Å²) >= 11 is 12.1. The van der Waals surface area contributed by atoms with Gasteiger partial charge in [-0.15, -0.1) is 0 Å². The van der Waals surface area contributed by atoms with Gasteiger partial charge in [-0.1, -0.05) is 29.3 Å². The van der Waals surface area contributed by atoms with Crippen LogP contribution in [0.3, 0.4) is 0 Å². The summed E-state index contributed by atoms with van der Waals surface area (Å²) in [6.45, 7) is 4.41. The third-order valence-corrected chi connectivity index (χ3v) is 6.92. The van der Waals surface area contributed by atoms with E-state index in [9.17, 15) is 8.42 Å². The van der Waals surface area contributed by atoms with Crippen molar-refractivity contribution in [3.8, 4) is 0 Å². The average molecular weight is 350 g/mol. The maximum atomic E-state index is 12.7. The first-order valence-electron chi connectivity index (χ1n) is 6.89. The minimum absolute atomic E-state index is 0.0205. The predicted octanol–water partition coefficient (Wildman–Crippen LogP) is 1.27. The SMILES string of the molecule is O=S(=O)(c1c(Cl)cccc1Cl)N1CCN(C2CNC2)CC1. The van der Waals surface area contributed by atoms with Crippen molar-refractivity contribution in [3.63, 3.8) is 0 Å². The molecule has 0 aliphatic carbocycles. The second kappa shape index (κ2) is 6.02. The third kappa shape index (κ3) is 2.93. The molecule has 0 spiro atoms. The minimum Gasteiger partial charge on any atom is -0.314 e. The van der Waals surface area contributed by atoms with Gasteiger partial charge in [0.2, 0.25) is 10.0 Å². The van der Waals surface area contributed by atoms with E-state index in [0.29, 0.717) is 19.1 Å². The fourth-order valence-electron chi connectivity index (χ4n) is 2.70. The number of hydrogen-bond donors (Lipinski definition) is 1. The van der Waals surface area contributed by atoms with Crippen LogP contribution in [-0.4, -0.2) is 62.9 Å². The molecule has 1 N–H and O–H groups in total. The number of halogens is 2. The molecule has 5 nitrogen and oxygen atoms in total. The summed E-state index contributed by atoms with van der Waals surface area (Å²) in [7, 11) is -3.63. The fraction of sp³-hybridized carbons (Fsp3) is 0.538. The molecule has 0 saturated carbocycles. The van der Waals surface area contributed by atoms with Gasteiger partial charge in [0, 0.05) is 45.3 Å². The van der Waals surface area contributed by atoms with E-state index in [1.807, 2.05) is 0 Å². The van der Waals surface area contributed by atoms with Crippen LogP contribution in [0.1, 0.15) is 0 Å². The van der Waals surface area contributed by atoms with Crippen molar-refractivity contribution in [1.82, 2.24) is 14.5 Å².